The predicted octanol–water partition coefficient (Wildman–Crippen LogP) is 13.5. The van der Waals surface area contributed by atoms with Crippen LogP contribution in [0.4, 0.5) is 52.7 Å². The number of alkyl halides is 12. The zero-order chi connectivity index (χ0) is 63.3. The van der Waals surface area contributed by atoms with E-state index in [2.05, 4.69) is 18.9 Å². The number of carbonyl (C=O) groups excluding carboxylic acids is 4. The van der Waals surface area contributed by atoms with Crippen molar-refractivity contribution in [2.75, 3.05) is 52.9 Å². The van der Waals surface area contributed by atoms with E-state index in [1.54, 1.807) is 48.5 Å². The van der Waals surface area contributed by atoms with Crippen molar-refractivity contribution in [1.82, 2.24) is 0 Å². The van der Waals surface area contributed by atoms with Crippen molar-refractivity contribution in [2.45, 2.75) is 155 Å². The Kier molecular flexibility index (Phi) is 20.8. The number of hydrogen-bond donors (Lipinski definition) is 0. The van der Waals surface area contributed by atoms with Crippen molar-refractivity contribution in [3.8, 4) is 23.0 Å². The van der Waals surface area contributed by atoms with Crippen LogP contribution >= 0.6 is 0 Å². The highest BCUT2D eigenvalue weighted by Gasteiger charge is 2.35. The zero-order valence-electron chi connectivity index (χ0n) is 48.5. The number of ether oxygens (including phenoxy) is 8. The molecule has 84 heavy (non-hydrogen) atoms. The molecule has 24 heteroatoms. The largest absolute Gasteiger partial charge is 0.481 e. The van der Waals surface area contributed by atoms with E-state index in [1.807, 2.05) is 83.1 Å². The summed E-state index contributed by atoms with van der Waals surface area (Å²) in [5.74, 6) is -6.19. The zero-order valence-corrected chi connectivity index (χ0v) is 48.5. The molecule has 0 aromatic heterocycles. The van der Waals surface area contributed by atoms with E-state index in [1.165, 1.54) is 0 Å². The SMILES string of the molecule is CC(C)(C)c1cc2c(OCC(=O)OCC(F)(F)F)c(c1)Cc1cc(C(C)(C)C)cc(c1OCC(=O)OCC(F)(F)F)Cc1cc(C(C)(C)C)cc(c1OCC(=O)OCC(F)(F)F)Cc1cc(C(C)(C)C)cc(c1OCC(=O)OCC(F)(F)F)C2. The maximum absolute atomic E-state index is 13.4. The molecule has 4 aromatic carbocycles. The van der Waals surface area contributed by atoms with Gasteiger partial charge in [0, 0.05) is 25.7 Å². The maximum atomic E-state index is 13.4. The van der Waals surface area contributed by atoms with Crippen molar-refractivity contribution in [3.63, 3.8) is 0 Å². The minimum absolute atomic E-state index is 0.108. The molecule has 0 unspecified atom stereocenters. The molecule has 8 bridgehead atoms. The van der Waals surface area contributed by atoms with Gasteiger partial charge in [0.2, 0.25) is 0 Å². The lowest BCUT2D eigenvalue weighted by Gasteiger charge is -2.29. The first-order valence-corrected chi connectivity index (χ1v) is 26.3. The number of fused-ring (bicyclic) bond motifs is 8. The highest BCUT2D eigenvalue weighted by Crippen LogP contribution is 2.45. The van der Waals surface area contributed by atoms with E-state index < -0.39 is 123 Å². The Morgan fingerprint density at radius 2 is 0.440 bits per heavy atom. The number of halogens is 12. The number of carbonyl (C=O) groups is 4. The molecular weight excluding hydrogens is 1140 g/mol. The van der Waals surface area contributed by atoms with Crippen LogP contribution in [-0.4, -0.2) is 101 Å². The molecule has 0 N–H and O–H groups in total. The number of rotatable bonds is 16. The van der Waals surface area contributed by atoms with Gasteiger partial charge in [-0.3, -0.25) is 0 Å². The molecular formula is C60H68F12O12. The molecule has 0 spiro atoms. The van der Waals surface area contributed by atoms with Crippen molar-refractivity contribution >= 4 is 23.9 Å². The van der Waals surface area contributed by atoms with Crippen LogP contribution in [0, 0.1) is 0 Å². The van der Waals surface area contributed by atoms with Gasteiger partial charge in [0.25, 0.3) is 0 Å². The van der Waals surface area contributed by atoms with Crippen LogP contribution in [-0.2, 0) is 85.5 Å². The first kappa shape index (κ1) is 67.9. The van der Waals surface area contributed by atoms with Gasteiger partial charge in [-0.25, -0.2) is 19.2 Å². The molecule has 0 saturated heterocycles. The van der Waals surface area contributed by atoms with Crippen LogP contribution in [0.15, 0.2) is 48.5 Å². The smallest absolute Gasteiger partial charge is 0.422 e. The van der Waals surface area contributed by atoms with Crippen LogP contribution in [0.1, 0.15) is 150 Å². The first-order valence-electron chi connectivity index (χ1n) is 26.3. The van der Waals surface area contributed by atoms with Gasteiger partial charge in [0.15, 0.2) is 52.9 Å². The van der Waals surface area contributed by atoms with Crippen LogP contribution in [0.2, 0.25) is 0 Å². The number of esters is 4. The normalized spacial score (nSPS) is 13.6. The second-order valence-corrected chi connectivity index (χ2v) is 24.5. The van der Waals surface area contributed by atoms with Gasteiger partial charge in [-0.2, -0.15) is 52.7 Å². The lowest BCUT2D eigenvalue weighted by molar-refractivity contribution is -0.187. The molecule has 12 nitrogen and oxygen atoms in total. The Morgan fingerprint density at radius 1 is 0.298 bits per heavy atom. The fourth-order valence-corrected chi connectivity index (χ4v) is 8.70. The molecule has 0 amide bonds. The van der Waals surface area contributed by atoms with Gasteiger partial charge in [-0.1, -0.05) is 132 Å². The number of benzene rings is 4. The number of hydrogen-bond acceptors (Lipinski definition) is 12. The van der Waals surface area contributed by atoms with E-state index in [0.29, 0.717) is 22.3 Å². The van der Waals surface area contributed by atoms with E-state index in [-0.39, 0.29) is 93.2 Å². The van der Waals surface area contributed by atoms with Crippen molar-refractivity contribution in [1.29, 1.82) is 0 Å². The van der Waals surface area contributed by atoms with Crippen molar-refractivity contribution in [3.05, 3.63) is 115 Å². The average Bonchev–Trinajstić information content (AvgIpc) is 1.45. The molecule has 4 aromatic rings. The van der Waals surface area contributed by atoms with E-state index in [9.17, 15) is 71.9 Å². The third kappa shape index (κ3) is 20.7. The van der Waals surface area contributed by atoms with Crippen molar-refractivity contribution < 1.29 is 110 Å². The molecule has 0 saturated carbocycles. The summed E-state index contributed by atoms with van der Waals surface area (Å²) in [7, 11) is 0. The van der Waals surface area contributed by atoms with Crippen molar-refractivity contribution in [2.24, 2.45) is 0 Å². The molecule has 0 atom stereocenters. The minimum Gasteiger partial charge on any atom is -0.481 e. The molecule has 464 valence electrons. The van der Waals surface area contributed by atoms with E-state index in [4.69, 9.17) is 18.9 Å². The molecule has 0 radical (unpaired) electrons. The third-order valence-electron chi connectivity index (χ3n) is 12.9. The van der Waals surface area contributed by atoms with Crippen LogP contribution in [0.3, 0.4) is 0 Å². The molecule has 1 aliphatic rings. The second-order valence-electron chi connectivity index (χ2n) is 24.5. The standard InChI is InChI=1S/C60H68F12O12/c1-53(2,3)41-17-33-13-35-19-42(54(4,5)6)21-37(50(35)78-26-46(74)82-30-58(64,65)66)15-39-23-44(56(10,11)12)24-40(52(39)80-28-48(76)84-32-60(70,71)72)16-38-22-43(55(7,8)9)20-36(51(38)79-27-47(75)83-31-59(67,68)69)14-34(18-41)49(33)77-25-45(73)81-29-57(61,62)63/h17-24H,13-16,25-32H2,1-12H3. The minimum atomic E-state index is -4.93. The first-order chi connectivity index (χ1) is 38.2. The van der Waals surface area contributed by atoms with Gasteiger partial charge >= 0.3 is 48.6 Å². The van der Waals surface area contributed by atoms with Gasteiger partial charge in [-0.15, -0.1) is 0 Å². The second kappa shape index (κ2) is 25.8. The summed E-state index contributed by atoms with van der Waals surface area (Å²) in [5, 5.41) is 0. The molecule has 5 rings (SSSR count). The fraction of sp³-hybridized carbons (Fsp3) is 0.533. The van der Waals surface area contributed by atoms with Crippen LogP contribution in [0.5, 0.6) is 23.0 Å². The Balaban J connectivity index is 2.01. The Bertz CT molecular complexity index is 2540. The summed E-state index contributed by atoms with van der Waals surface area (Å²) >= 11 is 0. The van der Waals surface area contributed by atoms with Gasteiger partial charge in [-0.05, 0) is 88.4 Å². The lowest BCUT2D eigenvalue weighted by atomic mass is 9.79. The molecule has 0 heterocycles. The maximum Gasteiger partial charge on any atom is 0.422 e. The third-order valence-corrected chi connectivity index (χ3v) is 12.9. The monoisotopic (exact) mass is 1210 g/mol. The van der Waals surface area contributed by atoms with Gasteiger partial charge < -0.3 is 37.9 Å². The molecule has 1 aliphatic carbocycles. The Morgan fingerprint density at radius 3 is 0.560 bits per heavy atom. The van der Waals surface area contributed by atoms with Gasteiger partial charge in [0.05, 0.1) is 0 Å². The summed E-state index contributed by atoms with van der Waals surface area (Å²) in [5.41, 5.74) is 1.19. The molecule has 0 aliphatic heterocycles. The summed E-state index contributed by atoms with van der Waals surface area (Å²) in [6, 6.07) is 13.5. The summed E-state index contributed by atoms with van der Waals surface area (Å²) < 4.78 is 203. The van der Waals surface area contributed by atoms with Crippen LogP contribution in [0.25, 0.3) is 0 Å². The van der Waals surface area contributed by atoms with E-state index in [0.717, 1.165) is 0 Å². The predicted molar refractivity (Wildman–Crippen MR) is 282 cm³/mol. The Labute approximate surface area is 478 Å². The average molecular weight is 1210 g/mol. The van der Waals surface area contributed by atoms with E-state index >= 15 is 0 Å². The topological polar surface area (TPSA) is 142 Å². The quantitative estimate of drug-likeness (QED) is 0.0527. The Hall–Kier alpha value is -6.88. The highest BCUT2D eigenvalue weighted by molar-refractivity contribution is 5.73. The van der Waals surface area contributed by atoms with Gasteiger partial charge in [0.1, 0.15) is 23.0 Å². The summed E-state index contributed by atoms with van der Waals surface area (Å²) in [6.45, 7) is 9.95. The van der Waals surface area contributed by atoms with Crippen LogP contribution < -0.4 is 18.9 Å². The molecule has 0 fully saturated rings. The fourth-order valence-electron chi connectivity index (χ4n) is 8.70. The summed E-state index contributed by atoms with van der Waals surface area (Å²) in [4.78, 5) is 52.5. The summed E-state index contributed by atoms with van der Waals surface area (Å²) in [6.07, 6.45) is -20.9. The highest BCUT2D eigenvalue weighted by atomic mass is 19.4. The lowest BCUT2D eigenvalue weighted by Crippen LogP contribution is -2.25.